The van der Waals surface area contributed by atoms with Crippen molar-refractivity contribution in [1.82, 2.24) is 14.8 Å². The van der Waals surface area contributed by atoms with Crippen molar-refractivity contribution in [3.63, 3.8) is 0 Å². The molecule has 1 aromatic heterocycles. The maximum atomic E-state index is 12.8. The summed E-state index contributed by atoms with van der Waals surface area (Å²) in [6.45, 7) is 3.55. The molecule has 5 nitrogen and oxygen atoms in total. The number of amides is 1. The Morgan fingerprint density at radius 3 is 2.47 bits per heavy atom. The van der Waals surface area contributed by atoms with Gasteiger partial charge in [0.2, 0.25) is 0 Å². The van der Waals surface area contributed by atoms with Gasteiger partial charge in [-0.25, -0.2) is 4.98 Å². The molecule has 1 N–H and O–H groups in total. The largest absolute Gasteiger partial charge is 0.396 e. The van der Waals surface area contributed by atoms with Crippen LogP contribution in [-0.2, 0) is 6.42 Å². The lowest BCUT2D eigenvalue weighted by Gasteiger charge is -2.44. The number of aromatic nitrogens is 1. The van der Waals surface area contributed by atoms with Gasteiger partial charge in [0, 0.05) is 44.0 Å². The highest BCUT2D eigenvalue weighted by Crippen LogP contribution is 2.32. The third-order valence-electron chi connectivity index (χ3n) is 6.88. The van der Waals surface area contributed by atoms with E-state index in [0.29, 0.717) is 32.7 Å². The molecule has 32 heavy (non-hydrogen) atoms. The average Bonchev–Trinajstić information content (AvgIpc) is 2.81. The number of nitrogens with zero attached hydrogens (tertiary/aromatic N) is 3. The van der Waals surface area contributed by atoms with Crippen molar-refractivity contribution in [2.75, 3.05) is 32.8 Å². The van der Waals surface area contributed by atoms with E-state index < -0.39 is 0 Å². The first-order chi connectivity index (χ1) is 15.4. The lowest BCUT2D eigenvalue weighted by atomic mass is 9.80. The fourth-order valence-corrected chi connectivity index (χ4v) is 5.53. The number of likely N-dealkylation sites (tertiary alicyclic amines) is 2. The zero-order valence-electron chi connectivity index (χ0n) is 17.9. The molecule has 2 aromatic rings. The van der Waals surface area contributed by atoms with Gasteiger partial charge in [-0.1, -0.05) is 40.9 Å². The number of halogens is 3. The molecular formula is C24H28Cl3N3O2. The SMILES string of the molecule is O=C(c1ccnc(Cl)c1)N1CCC(N2CCC(Cc3ccc(Cl)c(Cl)c3)[C@H](CO)C2)CC1. The Hall–Kier alpha value is -1.37. The number of benzene rings is 1. The second kappa shape index (κ2) is 10.7. The smallest absolute Gasteiger partial charge is 0.254 e. The molecule has 0 spiro atoms. The van der Waals surface area contributed by atoms with Crippen LogP contribution in [0.1, 0.15) is 35.2 Å². The zero-order chi connectivity index (χ0) is 22.7. The van der Waals surface area contributed by atoms with Crippen molar-refractivity contribution < 1.29 is 9.90 Å². The lowest BCUT2D eigenvalue weighted by molar-refractivity contribution is 0.0242. The quantitative estimate of drug-likeness (QED) is 0.603. The number of aliphatic hydroxyl groups excluding tert-OH is 1. The van der Waals surface area contributed by atoms with E-state index in [1.807, 2.05) is 23.1 Å². The van der Waals surface area contributed by atoms with E-state index in [-0.39, 0.29) is 18.4 Å². The van der Waals surface area contributed by atoms with Gasteiger partial charge in [-0.2, -0.15) is 0 Å². The molecule has 1 amide bonds. The summed E-state index contributed by atoms with van der Waals surface area (Å²) in [7, 11) is 0. The molecule has 1 unspecified atom stereocenters. The maximum Gasteiger partial charge on any atom is 0.254 e. The third-order valence-corrected chi connectivity index (χ3v) is 7.83. The van der Waals surface area contributed by atoms with Gasteiger partial charge in [0.15, 0.2) is 0 Å². The molecule has 0 bridgehead atoms. The summed E-state index contributed by atoms with van der Waals surface area (Å²) >= 11 is 18.2. The summed E-state index contributed by atoms with van der Waals surface area (Å²) in [4.78, 5) is 21.1. The molecule has 2 saturated heterocycles. The van der Waals surface area contributed by atoms with Gasteiger partial charge in [0.25, 0.3) is 5.91 Å². The van der Waals surface area contributed by atoms with Gasteiger partial charge in [-0.05, 0) is 73.9 Å². The van der Waals surface area contributed by atoms with Gasteiger partial charge in [0.05, 0.1) is 10.0 Å². The minimum Gasteiger partial charge on any atom is -0.396 e. The Balaban J connectivity index is 1.31. The number of carbonyl (C=O) groups is 1. The van der Waals surface area contributed by atoms with E-state index in [9.17, 15) is 9.90 Å². The predicted octanol–water partition coefficient (Wildman–Crippen LogP) is 4.82. The number of rotatable bonds is 5. The normalized spacial score (nSPS) is 22.8. The average molecular weight is 497 g/mol. The Bertz CT molecular complexity index is 950. The van der Waals surface area contributed by atoms with E-state index in [0.717, 1.165) is 51.9 Å². The monoisotopic (exact) mass is 495 g/mol. The summed E-state index contributed by atoms with van der Waals surface area (Å²) < 4.78 is 0. The number of pyridine rings is 1. The second-order valence-electron chi connectivity index (χ2n) is 8.83. The van der Waals surface area contributed by atoms with Gasteiger partial charge in [0.1, 0.15) is 5.15 Å². The molecule has 8 heteroatoms. The lowest BCUT2D eigenvalue weighted by Crippen LogP contribution is -2.52. The Morgan fingerprint density at radius 2 is 1.78 bits per heavy atom. The van der Waals surface area contributed by atoms with Crippen LogP contribution in [0.25, 0.3) is 0 Å². The minimum atomic E-state index is 0.0151. The molecule has 3 heterocycles. The van der Waals surface area contributed by atoms with Crippen LogP contribution < -0.4 is 0 Å². The van der Waals surface area contributed by atoms with Gasteiger partial charge in [-0.15, -0.1) is 0 Å². The number of aliphatic hydroxyl groups is 1. The van der Waals surface area contributed by atoms with E-state index in [4.69, 9.17) is 34.8 Å². The molecule has 2 atom stereocenters. The van der Waals surface area contributed by atoms with Crippen molar-refractivity contribution in [2.45, 2.75) is 31.7 Å². The van der Waals surface area contributed by atoms with Crippen molar-refractivity contribution in [1.29, 1.82) is 0 Å². The van der Waals surface area contributed by atoms with E-state index >= 15 is 0 Å². The molecule has 2 aliphatic heterocycles. The molecule has 2 fully saturated rings. The van der Waals surface area contributed by atoms with Gasteiger partial charge in [-0.3, -0.25) is 9.69 Å². The van der Waals surface area contributed by atoms with Crippen LogP contribution in [0.2, 0.25) is 15.2 Å². The van der Waals surface area contributed by atoms with E-state index in [1.165, 1.54) is 5.56 Å². The first-order valence-corrected chi connectivity index (χ1v) is 12.3. The topological polar surface area (TPSA) is 56.7 Å². The molecule has 2 aliphatic rings. The maximum absolute atomic E-state index is 12.8. The molecular weight excluding hydrogens is 469 g/mol. The van der Waals surface area contributed by atoms with Crippen LogP contribution in [0.3, 0.4) is 0 Å². The highest BCUT2D eigenvalue weighted by atomic mass is 35.5. The molecule has 0 saturated carbocycles. The highest BCUT2D eigenvalue weighted by molar-refractivity contribution is 6.42. The first kappa shape index (κ1) is 23.8. The van der Waals surface area contributed by atoms with Crippen molar-refractivity contribution in [3.05, 3.63) is 62.9 Å². The van der Waals surface area contributed by atoms with Crippen LogP contribution in [0.5, 0.6) is 0 Å². The van der Waals surface area contributed by atoms with Gasteiger partial charge < -0.3 is 10.0 Å². The fourth-order valence-electron chi connectivity index (χ4n) is 5.04. The predicted molar refractivity (Wildman–Crippen MR) is 129 cm³/mol. The molecule has 0 aliphatic carbocycles. The van der Waals surface area contributed by atoms with Crippen LogP contribution in [0.4, 0.5) is 0 Å². The van der Waals surface area contributed by atoms with E-state index in [2.05, 4.69) is 9.88 Å². The number of hydrogen-bond acceptors (Lipinski definition) is 4. The summed E-state index contributed by atoms with van der Waals surface area (Å²) in [6.07, 6.45) is 5.40. The summed E-state index contributed by atoms with van der Waals surface area (Å²) in [5.41, 5.74) is 1.76. The highest BCUT2D eigenvalue weighted by Gasteiger charge is 2.34. The van der Waals surface area contributed by atoms with Crippen LogP contribution in [0, 0.1) is 11.8 Å². The van der Waals surface area contributed by atoms with E-state index in [1.54, 1.807) is 18.3 Å². The van der Waals surface area contributed by atoms with Gasteiger partial charge >= 0.3 is 0 Å². The van der Waals surface area contributed by atoms with Crippen LogP contribution in [-0.4, -0.2) is 64.6 Å². The Labute approximate surface area is 204 Å². The Morgan fingerprint density at radius 1 is 1.00 bits per heavy atom. The minimum absolute atomic E-state index is 0.0151. The summed E-state index contributed by atoms with van der Waals surface area (Å²) in [5, 5.41) is 11.6. The molecule has 172 valence electrons. The number of carbonyl (C=O) groups excluding carboxylic acids is 1. The van der Waals surface area contributed by atoms with Crippen LogP contribution in [0.15, 0.2) is 36.5 Å². The molecule has 1 aromatic carbocycles. The summed E-state index contributed by atoms with van der Waals surface area (Å²) in [6, 6.07) is 9.59. The van der Waals surface area contributed by atoms with Crippen molar-refractivity contribution in [3.8, 4) is 0 Å². The van der Waals surface area contributed by atoms with Crippen LogP contribution >= 0.6 is 34.8 Å². The number of hydrogen-bond donors (Lipinski definition) is 1. The fraction of sp³-hybridized carbons (Fsp3) is 0.500. The zero-order valence-corrected chi connectivity index (χ0v) is 20.2. The summed E-state index contributed by atoms with van der Waals surface area (Å²) in [5.74, 6) is 0.671. The first-order valence-electron chi connectivity index (χ1n) is 11.1. The molecule has 0 radical (unpaired) electrons. The standard InChI is InChI=1S/C24H28Cl3N3O2/c25-21-2-1-16(12-22(21)26)11-17-4-8-30(14-19(17)15-31)20-5-9-29(10-6-20)24(32)18-3-7-28-23(27)13-18/h1-3,7,12-13,17,19-20,31H,4-6,8-11,14-15H2/t17?,19-/m0/s1. The Kier molecular flexibility index (Phi) is 7.95. The van der Waals surface area contributed by atoms with Crippen molar-refractivity contribution >= 4 is 40.7 Å². The van der Waals surface area contributed by atoms with Crippen molar-refractivity contribution in [2.24, 2.45) is 11.8 Å². The molecule has 4 rings (SSSR count). The third kappa shape index (κ3) is 5.57. The number of piperidine rings is 2. The second-order valence-corrected chi connectivity index (χ2v) is 10.0.